The largest absolute Gasteiger partial charge is 0.417 e. The first-order valence-corrected chi connectivity index (χ1v) is 8.32. The molecule has 1 aliphatic heterocycles. The van der Waals surface area contributed by atoms with Gasteiger partial charge in [-0.05, 0) is 12.1 Å². The van der Waals surface area contributed by atoms with Crippen molar-refractivity contribution in [2.75, 3.05) is 36.0 Å². The van der Waals surface area contributed by atoms with E-state index in [9.17, 15) is 13.2 Å². The molecule has 1 fully saturated rings. The van der Waals surface area contributed by atoms with Crippen LogP contribution in [0.25, 0.3) is 5.52 Å². The van der Waals surface area contributed by atoms with Crippen molar-refractivity contribution in [2.45, 2.75) is 6.18 Å². The second-order valence-electron chi connectivity index (χ2n) is 5.91. The second kappa shape index (κ2) is 6.31. The van der Waals surface area contributed by atoms with E-state index in [1.807, 2.05) is 11.0 Å². The molecule has 3 aromatic rings. The molecule has 4 rings (SSSR count). The molecule has 0 radical (unpaired) electrons. The SMILES string of the molecule is FC(F)(F)c1cnc(N2CCN(c3nccn4nccc34)CC2)c(Cl)c1. The Morgan fingerprint density at radius 2 is 1.65 bits per heavy atom. The summed E-state index contributed by atoms with van der Waals surface area (Å²) in [5.74, 6) is 1.20. The van der Waals surface area contributed by atoms with Crippen LogP contribution in [0.5, 0.6) is 0 Å². The lowest BCUT2D eigenvalue weighted by atomic mass is 10.2. The van der Waals surface area contributed by atoms with Gasteiger partial charge in [-0.1, -0.05) is 11.6 Å². The normalized spacial score (nSPS) is 15.7. The predicted octanol–water partition coefficient (Wildman–Crippen LogP) is 3.12. The van der Waals surface area contributed by atoms with Crippen molar-refractivity contribution in [3.8, 4) is 0 Å². The van der Waals surface area contributed by atoms with E-state index in [4.69, 9.17) is 11.6 Å². The van der Waals surface area contributed by atoms with Crippen LogP contribution in [-0.4, -0.2) is 45.8 Å². The minimum Gasteiger partial charge on any atom is -0.352 e. The van der Waals surface area contributed by atoms with Crippen molar-refractivity contribution in [3.05, 3.63) is 47.5 Å². The molecule has 0 aromatic carbocycles. The van der Waals surface area contributed by atoms with Gasteiger partial charge in [-0.2, -0.15) is 18.3 Å². The molecule has 0 aliphatic carbocycles. The summed E-state index contributed by atoms with van der Waals surface area (Å²) in [6.45, 7) is 2.46. The summed E-state index contributed by atoms with van der Waals surface area (Å²) in [6, 6.07) is 2.81. The van der Waals surface area contributed by atoms with Crippen molar-refractivity contribution in [3.63, 3.8) is 0 Å². The maximum Gasteiger partial charge on any atom is 0.417 e. The molecule has 0 bridgehead atoms. The second-order valence-corrected chi connectivity index (χ2v) is 6.32. The molecule has 0 amide bonds. The van der Waals surface area contributed by atoms with Crippen LogP contribution >= 0.6 is 11.6 Å². The zero-order valence-corrected chi connectivity index (χ0v) is 14.2. The van der Waals surface area contributed by atoms with Gasteiger partial charge in [0.05, 0.1) is 16.8 Å². The highest BCUT2D eigenvalue weighted by Gasteiger charge is 2.32. The van der Waals surface area contributed by atoms with Crippen LogP contribution in [0.4, 0.5) is 24.8 Å². The van der Waals surface area contributed by atoms with Crippen LogP contribution in [-0.2, 0) is 6.18 Å². The zero-order valence-electron chi connectivity index (χ0n) is 13.5. The number of halogens is 4. The molecule has 0 N–H and O–H groups in total. The highest BCUT2D eigenvalue weighted by Crippen LogP contribution is 2.34. The fraction of sp³-hybridized carbons (Fsp3) is 0.312. The molecule has 10 heteroatoms. The van der Waals surface area contributed by atoms with E-state index in [-0.39, 0.29) is 5.02 Å². The minimum atomic E-state index is -4.45. The van der Waals surface area contributed by atoms with Gasteiger partial charge in [0.1, 0.15) is 11.3 Å². The molecular formula is C16H14ClF3N6. The molecule has 136 valence electrons. The van der Waals surface area contributed by atoms with Gasteiger partial charge in [0.25, 0.3) is 0 Å². The van der Waals surface area contributed by atoms with Gasteiger partial charge in [0, 0.05) is 44.8 Å². The van der Waals surface area contributed by atoms with Crippen LogP contribution in [0.15, 0.2) is 36.9 Å². The Labute approximate surface area is 151 Å². The predicted molar refractivity (Wildman–Crippen MR) is 91.7 cm³/mol. The molecule has 0 spiro atoms. The fourth-order valence-corrected chi connectivity index (χ4v) is 3.32. The molecular weight excluding hydrogens is 369 g/mol. The van der Waals surface area contributed by atoms with Crippen LogP contribution < -0.4 is 9.80 Å². The maximum atomic E-state index is 12.7. The third-order valence-corrected chi connectivity index (χ3v) is 4.61. The summed E-state index contributed by atoms with van der Waals surface area (Å²) in [5, 5.41) is 4.20. The monoisotopic (exact) mass is 382 g/mol. The molecule has 6 nitrogen and oxygen atoms in total. The lowest BCUT2D eigenvalue weighted by Gasteiger charge is -2.36. The third kappa shape index (κ3) is 3.03. The number of hydrogen-bond donors (Lipinski definition) is 0. The molecule has 1 saturated heterocycles. The van der Waals surface area contributed by atoms with Crippen LogP contribution in [0.1, 0.15) is 5.56 Å². The number of fused-ring (bicyclic) bond motifs is 1. The number of anilines is 2. The summed E-state index contributed by atoms with van der Waals surface area (Å²) < 4.78 is 40.0. The first-order chi connectivity index (χ1) is 12.4. The van der Waals surface area contributed by atoms with Gasteiger partial charge in [-0.3, -0.25) is 0 Å². The standard InChI is InChI=1S/C16H14ClF3N6/c17-12-9-11(16(18,19)20)10-22-14(12)24-5-7-25(8-6-24)15-13-1-2-23-26(13)4-3-21-15/h1-4,9-10H,5-8H2. The quantitative estimate of drug-likeness (QED) is 0.681. The Morgan fingerprint density at radius 1 is 0.962 bits per heavy atom. The highest BCUT2D eigenvalue weighted by molar-refractivity contribution is 6.33. The van der Waals surface area contributed by atoms with E-state index in [0.717, 1.165) is 23.6 Å². The van der Waals surface area contributed by atoms with Gasteiger partial charge >= 0.3 is 6.18 Å². The molecule has 0 atom stereocenters. The molecule has 4 heterocycles. The topological polar surface area (TPSA) is 49.6 Å². The van der Waals surface area contributed by atoms with E-state index in [1.54, 1.807) is 23.1 Å². The van der Waals surface area contributed by atoms with Crippen LogP contribution in [0.2, 0.25) is 5.02 Å². The Hall–Kier alpha value is -2.55. The molecule has 1 aliphatic rings. The molecule has 3 aromatic heterocycles. The summed E-state index contributed by atoms with van der Waals surface area (Å²) in [4.78, 5) is 12.4. The van der Waals surface area contributed by atoms with E-state index in [1.165, 1.54) is 0 Å². The van der Waals surface area contributed by atoms with Crippen molar-refractivity contribution in [1.29, 1.82) is 0 Å². The Bertz CT molecular complexity index is 933. The molecule has 26 heavy (non-hydrogen) atoms. The van der Waals surface area contributed by atoms with E-state index in [2.05, 4.69) is 20.0 Å². The highest BCUT2D eigenvalue weighted by atomic mass is 35.5. The average molecular weight is 383 g/mol. The van der Waals surface area contributed by atoms with E-state index < -0.39 is 11.7 Å². The van der Waals surface area contributed by atoms with Crippen LogP contribution in [0, 0.1) is 0 Å². The Balaban J connectivity index is 1.51. The Kier molecular flexibility index (Phi) is 4.10. The number of piperazine rings is 1. The van der Waals surface area contributed by atoms with Crippen LogP contribution in [0.3, 0.4) is 0 Å². The third-order valence-electron chi connectivity index (χ3n) is 4.33. The van der Waals surface area contributed by atoms with Crippen molar-refractivity contribution in [2.24, 2.45) is 0 Å². The van der Waals surface area contributed by atoms with E-state index >= 15 is 0 Å². The lowest BCUT2D eigenvalue weighted by Crippen LogP contribution is -2.47. The number of alkyl halides is 3. The van der Waals surface area contributed by atoms with Gasteiger partial charge in [0.15, 0.2) is 5.82 Å². The minimum absolute atomic E-state index is 0.00397. The number of pyridine rings is 1. The fourth-order valence-electron chi connectivity index (χ4n) is 3.04. The van der Waals surface area contributed by atoms with Gasteiger partial charge in [-0.25, -0.2) is 14.5 Å². The first kappa shape index (κ1) is 16.9. The number of aromatic nitrogens is 4. The van der Waals surface area contributed by atoms with Crippen molar-refractivity contribution < 1.29 is 13.2 Å². The first-order valence-electron chi connectivity index (χ1n) is 7.94. The molecule has 0 unspecified atom stereocenters. The average Bonchev–Trinajstić information content (AvgIpc) is 3.10. The van der Waals surface area contributed by atoms with Gasteiger partial charge < -0.3 is 9.80 Å². The molecule has 0 saturated carbocycles. The Morgan fingerprint density at radius 3 is 2.31 bits per heavy atom. The number of hydrogen-bond acceptors (Lipinski definition) is 5. The summed E-state index contributed by atoms with van der Waals surface area (Å²) >= 11 is 6.04. The maximum absolute atomic E-state index is 12.7. The summed E-state index contributed by atoms with van der Waals surface area (Å²) in [6.07, 6.45) is 1.55. The van der Waals surface area contributed by atoms with E-state index in [0.29, 0.717) is 32.0 Å². The van der Waals surface area contributed by atoms with Crippen molar-refractivity contribution >= 4 is 28.8 Å². The van der Waals surface area contributed by atoms with Gasteiger partial charge in [-0.15, -0.1) is 0 Å². The van der Waals surface area contributed by atoms with Crippen molar-refractivity contribution in [1.82, 2.24) is 19.6 Å². The summed E-state index contributed by atoms with van der Waals surface area (Å²) in [5.41, 5.74) is 0.0631. The number of nitrogens with zero attached hydrogens (tertiary/aromatic N) is 6. The summed E-state index contributed by atoms with van der Waals surface area (Å²) in [7, 11) is 0. The lowest BCUT2D eigenvalue weighted by molar-refractivity contribution is -0.137. The number of rotatable bonds is 2. The zero-order chi connectivity index (χ0) is 18.3. The van der Waals surface area contributed by atoms with Gasteiger partial charge in [0.2, 0.25) is 0 Å². The smallest absolute Gasteiger partial charge is 0.352 e.